The quantitative estimate of drug-likeness (QED) is 0.245. The molecule has 5 rings (SSSR count). The molecular formula is C20H16F4N8O2. The SMILES string of the molecule is O=C1NC(=O)/C(=C/c2cnn3c(NC4CC4)nc(NCc4cc(F)ccc4C(F)(F)F)nc23)N1. The fraction of sp³-hybridized carbons (Fsp3) is 0.250. The summed E-state index contributed by atoms with van der Waals surface area (Å²) in [6, 6.07) is 1.72. The van der Waals surface area contributed by atoms with E-state index in [2.05, 4.69) is 36.3 Å². The Morgan fingerprint density at radius 3 is 2.65 bits per heavy atom. The Kier molecular flexibility index (Phi) is 5.06. The highest BCUT2D eigenvalue weighted by Crippen LogP contribution is 2.33. The zero-order valence-electron chi connectivity index (χ0n) is 17.2. The smallest absolute Gasteiger partial charge is 0.351 e. The molecule has 34 heavy (non-hydrogen) atoms. The Bertz CT molecular complexity index is 1350. The lowest BCUT2D eigenvalue weighted by molar-refractivity contribution is -0.138. The second kappa shape index (κ2) is 7.97. The monoisotopic (exact) mass is 476 g/mol. The molecule has 2 aromatic heterocycles. The van der Waals surface area contributed by atoms with E-state index < -0.39 is 36.0 Å². The predicted molar refractivity (Wildman–Crippen MR) is 111 cm³/mol. The number of hydrogen-bond donors (Lipinski definition) is 4. The number of aromatic nitrogens is 4. The van der Waals surface area contributed by atoms with Crippen LogP contribution in [0.3, 0.4) is 0 Å². The van der Waals surface area contributed by atoms with Crippen molar-refractivity contribution in [3.05, 3.63) is 52.6 Å². The molecule has 1 saturated heterocycles. The minimum atomic E-state index is -4.66. The number of halogens is 4. The van der Waals surface area contributed by atoms with E-state index in [1.54, 1.807) is 0 Å². The maximum Gasteiger partial charge on any atom is 0.416 e. The lowest BCUT2D eigenvalue weighted by atomic mass is 10.1. The third-order valence-corrected chi connectivity index (χ3v) is 5.14. The number of carbonyl (C=O) groups is 2. The highest BCUT2D eigenvalue weighted by molar-refractivity contribution is 6.14. The number of benzene rings is 1. The Balaban J connectivity index is 1.50. The number of carbonyl (C=O) groups excluding carboxylic acids is 2. The van der Waals surface area contributed by atoms with Crippen molar-refractivity contribution in [1.82, 2.24) is 30.2 Å². The third-order valence-electron chi connectivity index (χ3n) is 5.14. The van der Waals surface area contributed by atoms with Gasteiger partial charge in [-0.2, -0.15) is 32.8 Å². The van der Waals surface area contributed by atoms with Gasteiger partial charge in [0.2, 0.25) is 11.9 Å². The van der Waals surface area contributed by atoms with Gasteiger partial charge in [-0.05, 0) is 42.7 Å². The number of alkyl halides is 3. The molecule has 3 amide bonds. The molecule has 2 fully saturated rings. The first kappa shape index (κ1) is 21.6. The van der Waals surface area contributed by atoms with Crippen molar-refractivity contribution >= 4 is 35.6 Å². The van der Waals surface area contributed by atoms with Crippen LogP contribution in [0.25, 0.3) is 11.7 Å². The highest BCUT2D eigenvalue weighted by Gasteiger charge is 2.33. The van der Waals surface area contributed by atoms with E-state index in [0.29, 0.717) is 11.6 Å². The van der Waals surface area contributed by atoms with Crippen molar-refractivity contribution in [3.8, 4) is 0 Å². The summed E-state index contributed by atoms with van der Waals surface area (Å²) < 4.78 is 55.0. The van der Waals surface area contributed by atoms with Crippen LogP contribution in [0.15, 0.2) is 30.1 Å². The molecule has 0 atom stereocenters. The average Bonchev–Trinajstić information content (AvgIpc) is 3.40. The van der Waals surface area contributed by atoms with Crippen LogP contribution in [-0.2, 0) is 17.5 Å². The van der Waals surface area contributed by atoms with Gasteiger partial charge in [0, 0.05) is 18.2 Å². The lowest BCUT2D eigenvalue weighted by Gasteiger charge is -2.14. The zero-order valence-corrected chi connectivity index (χ0v) is 17.2. The van der Waals surface area contributed by atoms with Crippen molar-refractivity contribution in [2.75, 3.05) is 10.6 Å². The van der Waals surface area contributed by atoms with Gasteiger partial charge < -0.3 is 16.0 Å². The molecule has 1 aliphatic carbocycles. The number of fused-ring (bicyclic) bond motifs is 1. The van der Waals surface area contributed by atoms with E-state index in [1.807, 2.05) is 0 Å². The van der Waals surface area contributed by atoms with Gasteiger partial charge in [-0.25, -0.2) is 9.18 Å². The van der Waals surface area contributed by atoms with E-state index in [1.165, 1.54) is 16.8 Å². The molecule has 2 aliphatic rings. The van der Waals surface area contributed by atoms with Gasteiger partial charge in [0.25, 0.3) is 5.91 Å². The summed E-state index contributed by atoms with van der Waals surface area (Å²) in [6.07, 6.45) is -0.0570. The predicted octanol–water partition coefficient (Wildman–Crippen LogP) is 2.65. The van der Waals surface area contributed by atoms with E-state index in [4.69, 9.17) is 0 Å². The second-order valence-corrected chi connectivity index (χ2v) is 7.74. The first-order valence-electron chi connectivity index (χ1n) is 10.1. The number of rotatable bonds is 6. The molecule has 1 saturated carbocycles. The number of amides is 3. The van der Waals surface area contributed by atoms with Gasteiger partial charge in [-0.3, -0.25) is 10.1 Å². The maximum absolute atomic E-state index is 13.6. The Morgan fingerprint density at radius 1 is 1.18 bits per heavy atom. The fourth-order valence-electron chi connectivity index (χ4n) is 3.38. The van der Waals surface area contributed by atoms with Crippen LogP contribution in [0, 0.1) is 5.82 Å². The zero-order chi connectivity index (χ0) is 24.0. The molecule has 0 radical (unpaired) electrons. The largest absolute Gasteiger partial charge is 0.416 e. The second-order valence-electron chi connectivity index (χ2n) is 7.74. The van der Waals surface area contributed by atoms with Crippen LogP contribution in [-0.4, -0.2) is 37.6 Å². The summed E-state index contributed by atoms with van der Waals surface area (Å²) in [5.74, 6) is -1.18. The molecular weight excluding hydrogens is 460 g/mol. The minimum absolute atomic E-state index is 0.0145. The molecule has 0 spiro atoms. The Labute approximate surface area is 188 Å². The standard InChI is InChI=1S/C20H16F4N8O2/c21-11-1-4-13(20(22,23)24)9(5-11)7-25-17-29-15-10(6-14-16(33)30-19(34)28-14)8-26-32(15)18(31-17)27-12-2-3-12/h1,4-6,8,12H,2-3,7H2,(H2,25,27,29,31)(H2,28,30,33,34)/b14-6-. The Hall–Kier alpha value is -4.23. The van der Waals surface area contributed by atoms with Gasteiger partial charge in [0.05, 0.1) is 11.8 Å². The Morgan fingerprint density at radius 2 is 1.97 bits per heavy atom. The average molecular weight is 476 g/mol. The first-order chi connectivity index (χ1) is 16.2. The summed E-state index contributed by atoms with van der Waals surface area (Å²) in [5.41, 5.74) is -0.708. The van der Waals surface area contributed by atoms with Crippen LogP contribution in [0.1, 0.15) is 29.5 Å². The fourth-order valence-corrected chi connectivity index (χ4v) is 3.38. The number of urea groups is 1. The van der Waals surface area contributed by atoms with Crippen LogP contribution in [0.5, 0.6) is 0 Å². The molecule has 4 N–H and O–H groups in total. The van der Waals surface area contributed by atoms with Gasteiger partial charge in [0.1, 0.15) is 11.5 Å². The van der Waals surface area contributed by atoms with E-state index in [9.17, 15) is 27.2 Å². The van der Waals surface area contributed by atoms with Crippen molar-refractivity contribution in [3.63, 3.8) is 0 Å². The topological polar surface area (TPSA) is 125 Å². The highest BCUT2D eigenvalue weighted by atomic mass is 19.4. The number of imide groups is 1. The van der Waals surface area contributed by atoms with Crippen LogP contribution >= 0.6 is 0 Å². The van der Waals surface area contributed by atoms with E-state index in [-0.39, 0.29) is 34.8 Å². The van der Waals surface area contributed by atoms with Crippen molar-refractivity contribution in [2.45, 2.75) is 31.6 Å². The molecule has 1 aromatic carbocycles. The van der Waals surface area contributed by atoms with Gasteiger partial charge in [0.15, 0.2) is 5.65 Å². The maximum atomic E-state index is 13.6. The van der Waals surface area contributed by atoms with Gasteiger partial charge in [-0.1, -0.05) is 0 Å². The number of hydrogen-bond acceptors (Lipinski definition) is 7. The third kappa shape index (κ3) is 4.33. The molecule has 176 valence electrons. The minimum Gasteiger partial charge on any atom is -0.351 e. The molecule has 0 unspecified atom stereocenters. The number of nitrogens with one attached hydrogen (secondary N) is 4. The summed E-state index contributed by atoms with van der Waals surface area (Å²) in [6.45, 7) is -0.394. The summed E-state index contributed by atoms with van der Waals surface area (Å²) in [5, 5.41) is 14.5. The molecule has 0 bridgehead atoms. The van der Waals surface area contributed by atoms with Crippen LogP contribution in [0.4, 0.5) is 34.3 Å². The molecule has 1 aliphatic heterocycles. The van der Waals surface area contributed by atoms with Gasteiger partial charge >= 0.3 is 12.2 Å². The van der Waals surface area contributed by atoms with Crippen LogP contribution < -0.4 is 21.3 Å². The van der Waals surface area contributed by atoms with Crippen molar-refractivity contribution in [2.24, 2.45) is 0 Å². The van der Waals surface area contributed by atoms with Crippen LogP contribution in [0.2, 0.25) is 0 Å². The van der Waals surface area contributed by atoms with Crippen molar-refractivity contribution in [1.29, 1.82) is 0 Å². The van der Waals surface area contributed by atoms with E-state index >= 15 is 0 Å². The first-order valence-corrected chi connectivity index (χ1v) is 10.1. The molecule has 3 aromatic rings. The summed E-state index contributed by atoms with van der Waals surface area (Å²) in [7, 11) is 0. The lowest BCUT2D eigenvalue weighted by Crippen LogP contribution is -2.22. The molecule has 3 heterocycles. The molecule has 10 nitrogen and oxygen atoms in total. The van der Waals surface area contributed by atoms with Gasteiger partial charge in [-0.15, -0.1) is 0 Å². The number of nitrogens with zero attached hydrogens (tertiary/aromatic N) is 4. The van der Waals surface area contributed by atoms with Crippen molar-refractivity contribution < 1.29 is 27.2 Å². The van der Waals surface area contributed by atoms with E-state index in [0.717, 1.165) is 25.0 Å². The normalized spacial score (nSPS) is 17.2. The summed E-state index contributed by atoms with van der Waals surface area (Å²) >= 11 is 0. The number of anilines is 2. The summed E-state index contributed by atoms with van der Waals surface area (Å²) in [4.78, 5) is 31.9. The molecule has 14 heteroatoms.